The summed E-state index contributed by atoms with van der Waals surface area (Å²) in [6.45, 7) is 8.32. The first-order valence-electron chi connectivity index (χ1n) is 12.0. The third kappa shape index (κ3) is 4.54. The molecule has 0 atom stereocenters. The summed E-state index contributed by atoms with van der Waals surface area (Å²) in [5, 5.41) is 1.96. The highest BCUT2D eigenvalue weighted by Gasteiger charge is 2.31. The van der Waals surface area contributed by atoms with E-state index in [9.17, 15) is 8.42 Å². The van der Waals surface area contributed by atoms with Crippen LogP contribution in [0.25, 0.3) is 22.2 Å². The second-order valence-electron chi connectivity index (χ2n) is 9.29. The zero-order valence-electron chi connectivity index (χ0n) is 20.3. The van der Waals surface area contributed by atoms with Crippen LogP contribution in [-0.2, 0) is 10.0 Å². The molecule has 0 saturated carbocycles. The van der Waals surface area contributed by atoms with Gasteiger partial charge in [-0.2, -0.15) is 4.31 Å². The normalized spacial score (nSPS) is 15.1. The number of sulfonamides is 1. The molecule has 6 nitrogen and oxygen atoms in total. The molecule has 180 valence electrons. The number of rotatable bonds is 5. The van der Waals surface area contributed by atoms with Gasteiger partial charge < -0.3 is 4.90 Å². The Hall–Kier alpha value is -3.29. The van der Waals surface area contributed by atoms with Crippen molar-refractivity contribution in [2.75, 3.05) is 31.1 Å². The predicted octanol–water partition coefficient (Wildman–Crippen LogP) is 5.24. The Kier molecular flexibility index (Phi) is 6.30. The van der Waals surface area contributed by atoms with Crippen molar-refractivity contribution in [2.24, 2.45) is 0 Å². The molecule has 5 rings (SSSR count). The Morgan fingerprint density at radius 1 is 0.800 bits per heavy atom. The maximum atomic E-state index is 13.4. The van der Waals surface area contributed by atoms with E-state index in [1.165, 1.54) is 0 Å². The average Bonchev–Trinajstić information content (AvgIpc) is 2.88. The molecule has 1 aliphatic rings. The van der Waals surface area contributed by atoms with E-state index in [4.69, 9.17) is 9.97 Å². The van der Waals surface area contributed by atoms with Gasteiger partial charge in [-0.05, 0) is 35.7 Å². The molecular weight excluding hydrogens is 456 g/mol. The van der Waals surface area contributed by atoms with Crippen molar-refractivity contribution in [1.29, 1.82) is 0 Å². The number of fused-ring (bicyclic) bond motifs is 1. The van der Waals surface area contributed by atoms with Crippen LogP contribution in [0.2, 0.25) is 0 Å². The van der Waals surface area contributed by atoms with Crippen molar-refractivity contribution in [3.8, 4) is 11.4 Å². The Bertz CT molecular complexity index is 1460. The highest BCUT2D eigenvalue weighted by atomic mass is 32.2. The van der Waals surface area contributed by atoms with Crippen LogP contribution in [0.5, 0.6) is 0 Å². The van der Waals surface area contributed by atoms with Crippen LogP contribution in [0.3, 0.4) is 0 Å². The van der Waals surface area contributed by atoms with Gasteiger partial charge in [-0.3, -0.25) is 0 Å². The maximum Gasteiger partial charge on any atom is 0.243 e. The molecule has 0 unspecified atom stereocenters. The summed E-state index contributed by atoms with van der Waals surface area (Å²) in [5.74, 6) is 1.87. The van der Waals surface area contributed by atoms with E-state index < -0.39 is 10.0 Å². The Morgan fingerprint density at radius 3 is 2.14 bits per heavy atom. The summed E-state index contributed by atoms with van der Waals surface area (Å²) in [7, 11) is -3.57. The van der Waals surface area contributed by atoms with Gasteiger partial charge in [0.15, 0.2) is 5.82 Å². The van der Waals surface area contributed by atoms with Crippen LogP contribution in [0.1, 0.15) is 31.0 Å². The molecule has 0 bridgehead atoms. The lowest BCUT2D eigenvalue weighted by Gasteiger charge is -2.36. The summed E-state index contributed by atoms with van der Waals surface area (Å²) in [6.07, 6.45) is 0. The van der Waals surface area contributed by atoms with Crippen molar-refractivity contribution < 1.29 is 8.42 Å². The van der Waals surface area contributed by atoms with Crippen molar-refractivity contribution in [3.63, 3.8) is 0 Å². The fourth-order valence-electron chi connectivity index (χ4n) is 4.82. The molecule has 7 heteroatoms. The van der Waals surface area contributed by atoms with E-state index in [0.717, 1.165) is 33.4 Å². The number of piperazine rings is 1. The second kappa shape index (κ2) is 9.40. The third-order valence-corrected chi connectivity index (χ3v) is 8.52. The van der Waals surface area contributed by atoms with Gasteiger partial charge in [0, 0.05) is 43.0 Å². The van der Waals surface area contributed by atoms with Crippen molar-refractivity contribution in [1.82, 2.24) is 14.3 Å². The number of nitrogens with zero attached hydrogens (tertiary/aromatic N) is 4. The van der Waals surface area contributed by atoms with Gasteiger partial charge in [0.05, 0.1) is 4.90 Å². The average molecular weight is 487 g/mol. The van der Waals surface area contributed by atoms with E-state index in [0.29, 0.717) is 36.9 Å². The smallest absolute Gasteiger partial charge is 0.243 e. The SMILES string of the molecule is Cc1nc(-c2ccccc2)nc(N2CCN(S(=O)(=O)c3ccc4ccccc4c3)CC2)c1C(C)C. The summed E-state index contributed by atoms with van der Waals surface area (Å²) in [5.41, 5.74) is 3.07. The summed E-state index contributed by atoms with van der Waals surface area (Å²) in [4.78, 5) is 12.3. The molecule has 1 aromatic heterocycles. The quantitative estimate of drug-likeness (QED) is 0.386. The van der Waals surface area contributed by atoms with E-state index in [-0.39, 0.29) is 5.92 Å². The highest BCUT2D eigenvalue weighted by molar-refractivity contribution is 7.89. The zero-order chi connectivity index (χ0) is 24.6. The lowest BCUT2D eigenvalue weighted by Crippen LogP contribution is -2.49. The molecule has 3 aromatic carbocycles. The summed E-state index contributed by atoms with van der Waals surface area (Å²) >= 11 is 0. The standard InChI is InChI=1S/C28H30N4O2S/c1-20(2)26-21(3)29-27(23-10-5-4-6-11-23)30-28(26)31-15-17-32(18-16-31)35(33,34)25-14-13-22-9-7-8-12-24(22)19-25/h4-14,19-20H,15-18H2,1-3H3. The fraction of sp³-hybridized carbons (Fsp3) is 0.286. The molecule has 2 heterocycles. The van der Waals surface area contributed by atoms with Gasteiger partial charge in [-0.25, -0.2) is 18.4 Å². The van der Waals surface area contributed by atoms with Crippen LogP contribution >= 0.6 is 0 Å². The number of aryl methyl sites for hydroxylation is 1. The first-order chi connectivity index (χ1) is 16.8. The molecule has 4 aromatic rings. The zero-order valence-corrected chi connectivity index (χ0v) is 21.2. The van der Waals surface area contributed by atoms with Crippen molar-refractivity contribution >= 4 is 26.6 Å². The first kappa shape index (κ1) is 23.5. The van der Waals surface area contributed by atoms with E-state index >= 15 is 0 Å². The van der Waals surface area contributed by atoms with Gasteiger partial charge in [-0.15, -0.1) is 0 Å². The third-order valence-electron chi connectivity index (χ3n) is 6.62. The minimum Gasteiger partial charge on any atom is -0.354 e. The largest absolute Gasteiger partial charge is 0.354 e. The molecule has 0 radical (unpaired) electrons. The molecule has 1 saturated heterocycles. The molecule has 0 spiro atoms. The number of hydrogen-bond donors (Lipinski definition) is 0. The Morgan fingerprint density at radius 2 is 1.46 bits per heavy atom. The van der Waals surface area contributed by atoms with Gasteiger partial charge in [0.25, 0.3) is 0 Å². The molecular formula is C28H30N4O2S. The van der Waals surface area contributed by atoms with E-state index in [2.05, 4.69) is 18.7 Å². The topological polar surface area (TPSA) is 66.4 Å². The van der Waals surface area contributed by atoms with Crippen LogP contribution in [0.15, 0.2) is 77.7 Å². The minimum atomic E-state index is -3.57. The van der Waals surface area contributed by atoms with Gasteiger partial charge in [0.1, 0.15) is 5.82 Å². The molecule has 1 fully saturated rings. The number of aromatic nitrogens is 2. The van der Waals surface area contributed by atoms with Gasteiger partial charge in [-0.1, -0.05) is 74.5 Å². The number of benzene rings is 3. The Balaban J connectivity index is 1.42. The van der Waals surface area contributed by atoms with Crippen LogP contribution in [0, 0.1) is 6.92 Å². The second-order valence-corrected chi connectivity index (χ2v) is 11.2. The first-order valence-corrected chi connectivity index (χ1v) is 13.5. The maximum absolute atomic E-state index is 13.4. The summed E-state index contributed by atoms with van der Waals surface area (Å²) in [6, 6.07) is 23.2. The highest BCUT2D eigenvalue weighted by Crippen LogP contribution is 2.32. The van der Waals surface area contributed by atoms with Gasteiger partial charge >= 0.3 is 0 Å². The lowest BCUT2D eigenvalue weighted by atomic mass is 10.0. The predicted molar refractivity (Wildman–Crippen MR) is 141 cm³/mol. The molecule has 0 N–H and O–H groups in total. The van der Waals surface area contributed by atoms with Gasteiger partial charge in [0.2, 0.25) is 10.0 Å². The fourth-order valence-corrected chi connectivity index (χ4v) is 6.28. The van der Waals surface area contributed by atoms with Crippen LogP contribution in [0.4, 0.5) is 5.82 Å². The Labute approximate surface area is 207 Å². The molecule has 0 amide bonds. The molecule has 1 aliphatic heterocycles. The van der Waals surface area contributed by atoms with Crippen molar-refractivity contribution in [2.45, 2.75) is 31.6 Å². The number of hydrogen-bond acceptors (Lipinski definition) is 5. The van der Waals surface area contributed by atoms with E-state index in [1.807, 2.05) is 67.6 Å². The van der Waals surface area contributed by atoms with E-state index in [1.54, 1.807) is 16.4 Å². The van der Waals surface area contributed by atoms with Crippen molar-refractivity contribution in [3.05, 3.63) is 84.1 Å². The lowest BCUT2D eigenvalue weighted by molar-refractivity contribution is 0.383. The van der Waals surface area contributed by atoms with Crippen LogP contribution in [-0.4, -0.2) is 48.9 Å². The van der Waals surface area contributed by atoms with Crippen LogP contribution < -0.4 is 4.90 Å². The summed E-state index contributed by atoms with van der Waals surface area (Å²) < 4.78 is 28.4. The molecule has 35 heavy (non-hydrogen) atoms. The monoisotopic (exact) mass is 486 g/mol. The minimum absolute atomic E-state index is 0.259. The number of anilines is 1. The molecule has 0 aliphatic carbocycles.